The number of benzene rings is 1. The topological polar surface area (TPSA) is 61.4 Å². The molecule has 1 saturated carbocycles. The summed E-state index contributed by atoms with van der Waals surface area (Å²) in [5, 5.41) is 6.40. The third kappa shape index (κ3) is 4.09. The van der Waals surface area contributed by atoms with Crippen LogP contribution in [0.2, 0.25) is 0 Å². The SMILES string of the molecule is CCCN(CCC)C(=O)c1ccc(NC(=O)C2CC23CCNCC3)cc1. The zero-order valence-electron chi connectivity index (χ0n) is 16.0. The molecule has 2 N–H and O–H groups in total. The molecule has 1 unspecified atom stereocenters. The molecule has 0 aromatic heterocycles. The third-order valence-electron chi connectivity index (χ3n) is 5.78. The van der Waals surface area contributed by atoms with Crippen LogP contribution in [0.25, 0.3) is 0 Å². The van der Waals surface area contributed by atoms with E-state index in [4.69, 9.17) is 0 Å². The van der Waals surface area contributed by atoms with Crippen molar-refractivity contribution in [1.82, 2.24) is 10.2 Å². The Morgan fingerprint density at radius 2 is 1.73 bits per heavy atom. The highest BCUT2D eigenvalue weighted by molar-refractivity contribution is 5.97. The van der Waals surface area contributed by atoms with Crippen LogP contribution in [0.15, 0.2) is 24.3 Å². The molecule has 1 aromatic carbocycles. The van der Waals surface area contributed by atoms with E-state index in [0.717, 1.165) is 64.0 Å². The van der Waals surface area contributed by atoms with E-state index in [1.165, 1.54) is 0 Å². The molecule has 3 rings (SSSR count). The second-order valence-electron chi connectivity index (χ2n) is 7.73. The van der Waals surface area contributed by atoms with Crippen LogP contribution in [-0.2, 0) is 4.79 Å². The van der Waals surface area contributed by atoms with Crippen molar-refractivity contribution in [1.29, 1.82) is 0 Å². The molecule has 0 bridgehead atoms. The van der Waals surface area contributed by atoms with Crippen LogP contribution in [0.5, 0.6) is 0 Å². The van der Waals surface area contributed by atoms with Gasteiger partial charge in [0.2, 0.25) is 5.91 Å². The van der Waals surface area contributed by atoms with Gasteiger partial charge in [-0.05, 0) is 74.9 Å². The Labute approximate surface area is 156 Å². The fourth-order valence-electron chi connectivity index (χ4n) is 4.16. The van der Waals surface area contributed by atoms with E-state index in [-0.39, 0.29) is 23.1 Å². The van der Waals surface area contributed by atoms with Crippen molar-refractivity contribution in [2.45, 2.75) is 46.0 Å². The number of piperidine rings is 1. The average molecular weight is 357 g/mol. The quantitative estimate of drug-likeness (QED) is 0.787. The van der Waals surface area contributed by atoms with Crippen LogP contribution in [0.3, 0.4) is 0 Å². The first-order valence-electron chi connectivity index (χ1n) is 10.0. The average Bonchev–Trinajstić information content (AvgIpc) is 3.35. The van der Waals surface area contributed by atoms with Crippen LogP contribution < -0.4 is 10.6 Å². The molecule has 0 radical (unpaired) electrons. The van der Waals surface area contributed by atoms with Gasteiger partial charge >= 0.3 is 0 Å². The Balaban J connectivity index is 1.57. The van der Waals surface area contributed by atoms with Gasteiger partial charge < -0.3 is 15.5 Å². The van der Waals surface area contributed by atoms with E-state index >= 15 is 0 Å². The lowest BCUT2D eigenvalue weighted by Gasteiger charge is -2.23. The van der Waals surface area contributed by atoms with Crippen LogP contribution in [0.1, 0.15) is 56.3 Å². The summed E-state index contributed by atoms with van der Waals surface area (Å²) in [6.07, 6.45) is 5.13. The number of amides is 2. The number of carbonyl (C=O) groups is 2. The standard InChI is InChI=1S/C21H31N3O2/c1-3-13-24(14-4-2)20(26)16-5-7-17(8-6-16)23-19(25)18-15-21(18)9-11-22-12-10-21/h5-8,18,22H,3-4,9-15H2,1-2H3,(H,23,25). The maximum Gasteiger partial charge on any atom is 0.253 e. The van der Waals surface area contributed by atoms with Gasteiger partial charge in [0.1, 0.15) is 0 Å². The van der Waals surface area contributed by atoms with Gasteiger partial charge in [-0.3, -0.25) is 9.59 Å². The zero-order valence-corrected chi connectivity index (χ0v) is 16.0. The molecule has 2 fully saturated rings. The molecule has 142 valence electrons. The van der Waals surface area contributed by atoms with E-state index in [1.807, 2.05) is 29.2 Å². The van der Waals surface area contributed by atoms with Gasteiger partial charge in [0, 0.05) is 30.3 Å². The van der Waals surface area contributed by atoms with Gasteiger partial charge in [-0.25, -0.2) is 0 Å². The summed E-state index contributed by atoms with van der Waals surface area (Å²) in [6.45, 7) is 7.77. The summed E-state index contributed by atoms with van der Waals surface area (Å²) in [7, 11) is 0. The van der Waals surface area contributed by atoms with Gasteiger partial charge in [0.15, 0.2) is 0 Å². The monoisotopic (exact) mass is 357 g/mol. The fourth-order valence-corrected chi connectivity index (χ4v) is 4.16. The number of carbonyl (C=O) groups excluding carboxylic acids is 2. The van der Waals surface area contributed by atoms with Crippen molar-refractivity contribution in [3.05, 3.63) is 29.8 Å². The van der Waals surface area contributed by atoms with Crippen molar-refractivity contribution in [2.75, 3.05) is 31.5 Å². The Morgan fingerprint density at radius 3 is 2.31 bits per heavy atom. The maximum atomic E-state index is 12.6. The summed E-state index contributed by atoms with van der Waals surface area (Å²) in [6, 6.07) is 7.34. The van der Waals surface area contributed by atoms with Crippen LogP contribution in [0, 0.1) is 11.3 Å². The van der Waals surface area contributed by atoms with E-state index < -0.39 is 0 Å². The highest BCUT2D eigenvalue weighted by Gasteiger charge is 2.57. The highest BCUT2D eigenvalue weighted by atomic mass is 16.2. The molecule has 1 saturated heterocycles. The van der Waals surface area contributed by atoms with E-state index in [1.54, 1.807) is 0 Å². The molecule has 1 atom stereocenters. The molecule has 26 heavy (non-hydrogen) atoms. The second-order valence-corrected chi connectivity index (χ2v) is 7.73. The molecule has 5 heteroatoms. The number of hydrogen-bond donors (Lipinski definition) is 2. The summed E-state index contributed by atoms with van der Waals surface area (Å²) >= 11 is 0. The molecule has 1 spiro atoms. The first-order valence-corrected chi connectivity index (χ1v) is 10.0. The molecule has 1 aliphatic carbocycles. The van der Waals surface area contributed by atoms with Crippen LogP contribution >= 0.6 is 0 Å². The minimum Gasteiger partial charge on any atom is -0.339 e. The van der Waals surface area contributed by atoms with Crippen LogP contribution in [-0.4, -0.2) is 42.9 Å². The predicted molar refractivity (Wildman–Crippen MR) is 104 cm³/mol. The second kappa shape index (κ2) is 8.21. The first-order chi connectivity index (χ1) is 12.6. The summed E-state index contributed by atoms with van der Waals surface area (Å²) in [5.41, 5.74) is 1.71. The van der Waals surface area contributed by atoms with Gasteiger partial charge in [-0.1, -0.05) is 13.8 Å². The Kier molecular flexibility index (Phi) is 5.97. The van der Waals surface area contributed by atoms with E-state index in [0.29, 0.717) is 5.56 Å². The third-order valence-corrected chi connectivity index (χ3v) is 5.78. The molecule has 1 heterocycles. The molecular weight excluding hydrogens is 326 g/mol. The lowest BCUT2D eigenvalue weighted by atomic mass is 9.92. The molecule has 2 amide bonds. The maximum absolute atomic E-state index is 12.6. The minimum absolute atomic E-state index is 0.0717. The minimum atomic E-state index is 0.0717. The number of anilines is 1. The number of nitrogens with one attached hydrogen (secondary N) is 2. The first kappa shape index (κ1) is 18.9. The summed E-state index contributed by atoms with van der Waals surface area (Å²) in [4.78, 5) is 27.1. The van der Waals surface area contributed by atoms with Crippen LogP contribution in [0.4, 0.5) is 5.69 Å². The van der Waals surface area contributed by atoms with Crippen molar-refractivity contribution >= 4 is 17.5 Å². The van der Waals surface area contributed by atoms with Gasteiger partial charge in [-0.15, -0.1) is 0 Å². The Bertz CT molecular complexity index is 629. The van der Waals surface area contributed by atoms with Crippen molar-refractivity contribution in [3.63, 3.8) is 0 Å². The van der Waals surface area contributed by atoms with Crippen molar-refractivity contribution < 1.29 is 9.59 Å². The fraction of sp³-hybridized carbons (Fsp3) is 0.619. The molecule has 1 aromatic rings. The smallest absolute Gasteiger partial charge is 0.253 e. The number of rotatable bonds is 7. The van der Waals surface area contributed by atoms with Crippen molar-refractivity contribution in [3.8, 4) is 0 Å². The zero-order chi connectivity index (χ0) is 18.6. The molecule has 2 aliphatic rings. The number of nitrogens with zero attached hydrogens (tertiary/aromatic N) is 1. The van der Waals surface area contributed by atoms with E-state index in [9.17, 15) is 9.59 Å². The van der Waals surface area contributed by atoms with Gasteiger partial charge in [0.05, 0.1) is 0 Å². The summed E-state index contributed by atoms with van der Waals surface area (Å²) < 4.78 is 0. The Hall–Kier alpha value is -1.88. The normalized spacial score (nSPS) is 20.6. The lowest BCUT2D eigenvalue weighted by Crippen LogP contribution is -2.32. The lowest BCUT2D eigenvalue weighted by molar-refractivity contribution is -0.118. The molecule has 5 nitrogen and oxygen atoms in total. The number of hydrogen-bond acceptors (Lipinski definition) is 3. The Morgan fingerprint density at radius 1 is 1.12 bits per heavy atom. The van der Waals surface area contributed by atoms with Gasteiger partial charge in [0.25, 0.3) is 5.91 Å². The predicted octanol–water partition coefficient (Wildman–Crippen LogP) is 3.28. The highest BCUT2D eigenvalue weighted by Crippen LogP contribution is 2.58. The summed E-state index contributed by atoms with van der Waals surface area (Å²) in [5.74, 6) is 0.350. The van der Waals surface area contributed by atoms with E-state index in [2.05, 4.69) is 24.5 Å². The van der Waals surface area contributed by atoms with Crippen molar-refractivity contribution in [2.24, 2.45) is 11.3 Å². The molecular formula is C21H31N3O2. The van der Waals surface area contributed by atoms with Gasteiger partial charge in [-0.2, -0.15) is 0 Å². The molecule has 1 aliphatic heterocycles. The largest absolute Gasteiger partial charge is 0.339 e.